The summed E-state index contributed by atoms with van der Waals surface area (Å²) in [6, 6.07) is 0. The number of ketones is 1. The highest BCUT2D eigenvalue weighted by molar-refractivity contribution is 5.95. The van der Waals surface area contributed by atoms with Crippen LogP contribution in [0.1, 0.15) is 54.4 Å². The van der Waals surface area contributed by atoms with E-state index in [0.29, 0.717) is 18.4 Å². The van der Waals surface area contributed by atoms with Crippen LogP contribution in [0.4, 0.5) is 0 Å². The topological polar surface area (TPSA) is 166 Å². The molecule has 2 saturated heterocycles. The maximum absolute atomic E-state index is 13.7. The number of aliphatic hydroxyl groups excluding tert-OH is 3. The first-order valence-electron chi connectivity index (χ1n) is 14.3. The van der Waals surface area contributed by atoms with E-state index in [1.165, 1.54) is 6.08 Å². The molecule has 11 nitrogen and oxygen atoms in total. The van der Waals surface area contributed by atoms with Crippen molar-refractivity contribution in [3.05, 3.63) is 11.6 Å². The van der Waals surface area contributed by atoms with Crippen molar-refractivity contribution < 1.29 is 53.4 Å². The second kappa shape index (κ2) is 9.89. The molecule has 2 saturated carbocycles. The number of fused-ring (bicyclic) bond motifs is 2. The molecule has 0 aromatic rings. The molecule has 0 radical (unpaired) electrons. The lowest BCUT2D eigenvalue weighted by Crippen LogP contribution is -2.79. The highest BCUT2D eigenvalue weighted by Gasteiger charge is 2.82. The molecule has 2 heterocycles. The molecule has 2 bridgehead atoms. The molecule has 11 heteroatoms. The van der Waals surface area contributed by atoms with Crippen molar-refractivity contribution in [3.63, 3.8) is 0 Å². The average Bonchev–Trinajstić information content (AvgIpc) is 3.20. The molecule has 222 valence electrons. The SMILES string of the molecule is CC[C@@H](C)C(=O)O[C@@H]1[C@H]2C(C)=CC(=O)[C@@H](O)[C@@H]2[C@H]2[C@@H](O)[C@H](O)[C@@]3(C)OC[C@@]24[C@@H]1OC(=O)[C@H](OC(=O)[C@H](C)CC)[C@@H]34. The summed E-state index contributed by atoms with van der Waals surface area (Å²) in [4.78, 5) is 52.7. The summed E-state index contributed by atoms with van der Waals surface area (Å²) in [5.74, 6) is -7.40. The minimum Gasteiger partial charge on any atom is -0.458 e. The van der Waals surface area contributed by atoms with Crippen LogP contribution in [0.15, 0.2) is 11.6 Å². The van der Waals surface area contributed by atoms with Crippen LogP contribution in [0.3, 0.4) is 0 Å². The Hall–Kier alpha value is -2.34. The number of carbonyl (C=O) groups is 4. The second-order valence-corrected chi connectivity index (χ2v) is 12.6. The Morgan fingerprint density at radius 2 is 1.68 bits per heavy atom. The third-order valence-electron chi connectivity index (χ3n) is 10.6. The van der Waals surface area contributed by atoms with Gasteiger partial charge in [-0.15, -0.1) is 0 Å². The lowest BCUT2D eigenvalue weighted by atomic mass is 9.41. The third-order valence-corrected chi connectivity index (χ3v) is 10.6. The molecular weight excluding hydrogens is 524 g/mol. The Bertz CT molecular complexity index is 1130. The van der Waals surface area contributed by atoms with Crippen molar-refractivity contribution in [2.75, 3.05) is 6.61 Å². The summed E-state index contributed by atoms with van der Waals surface area (Å²) in [7, 11) is 0. The van der Waals surface area contributed by atoms with Gasteiger partial charge in [0.25, 0.3) is 0 Å². The maximum Gasteiger partial charge on any atom is 0.348 e. The van der Waals surface area contributed by atoms with Crippen molar-refractivity contribution in [3.8, 4) is 0 Å². The number of rotatable bonds is 6. The molecular formula is C29H40O11. The molecule has 0 aromatic heterocycles. The summed E-state index contributed by atoms with van der Waals surface area (Å²) in [5, 5.41) is 34.4. The van der Waals surface area contributed by atoms with Crippen LogP contribution in [0.5, 0.6) is 0 Å². The summed E-state index contributed by atoms with van der Waals surface area (Å²) in [6.07, 6.45) is -6.11. The van der Waals surface area contributed by atoms with Crippen molar-refractivity contribution in [1.29, 1.82) is 0 Å². The van der Waals surface area contributed by atoms with Crippen molar-refractivity contribution in [2.45, 2.75) is 96.6 Å². The smallest absolute Gasteiger partial charge is 0.348 e. The molecule has 40 heavy (non-hydrogen) atoms. The van der Waals surface area contributed by atoms with E-state index in [2.05, 4.69) is 0 Å². The highest BCUT2D eigenvalue weighted by atomic mass is 16.6. The molecule has 5 aliphatic rings. The predicted molar refractivity (Wildman–Crippen MR) is 136 cm³/mol. The molecule has 0 unspecified atom stereocenters. The van der Waals surface area contributed by atoms with Crippen LogP contribution in [-0.4, -0.2) is 87.8 Å². The zero-order chi connectivity index (χ0) is 29.5. The van der Waals surface area contributed by atoms with Gasteiger partial charge in [0.2, 0.25) is 6.10 Å². The molecule has 1 spiro atoms. The number of carbonyl (C=O) groups excluding carboxylic acids is 4. The highest BCUT2D eigenvalue weighted by Crippen LogP contribution is 2.69. The molecule has 3 aliphatic carbocycles. The van der Waals surface area contributed by atoms with Gasteiger partial charge in [-0.3, -0.25) is 14.4 Å². The standard InChI is InChI=1S/C29H40O11/c1-7-11(3)25(34)38-20-15-13(5)9-14(30)18(31)16(15)17-19(32)23(33)28(6)22-21(39-26(35)12(4)8-2)27(36)40-24(20)29(17,22)10-37-28/h9,11-12,15-24,31-33H,7-8,10H2,1-6H3/t11-,12-,15+,16+,17+,18-,19-,20-,21-,22+,23+,24-,28+,29-/m1/s1. The molecule has 0 aromatic carbocycles. The van der Waals surface area contributed by atoms with Gasteiger partial charge in [0.05, 0.1) is 35.9 Å². The predicted octanol–water partition coefficient (Wildman–Crippen LogP) is 0.707. The number of ether oxygens (including phenoxy) is 4. The molecule has 4 fully saturated rings. The second-order valence-electron chi connectivity index (χ2n) is 12.6. The first-order chi connectivity index (χ1) is 18.8. The Morgan fingerprint density at radius 1 is 1.07 bits per heavy atom. The van der Waals surface area contributed by atoms with Crippen LogP contribution in [0.2, 0.25) is 0 Å². The molecule has 3 N–H and O–H groups in total. The fourth-order valence-electron chi connectivity index (χ4n) is 8.11. The fourth-order valence-corrected chi connectivity index (χ4v) is 8.11. The van der Waals surface area contributed by atoms with E-state index in [1.54, 1.807) is 34.6 Å². The van der Waals surface area contributed by atoms with Gasteiger partial charge in [-0.05, 0) is 32.8 Å². The lowest BCUT2D eigenvalue weighted by molar-refractivity contribution is -0.301. The monoisotopic (exact) mass is 564 g/mol. The quantitative estimate of drug-likeness (QED) is 0.307. The first kappa shape index (κ1) is 29.2. The van der Waals surface area contributed by atoms with E-state index in [-0.39, 0.29) is 6.61 Å². The van der Waals surface area contributed by atoms with Gasteiger partial charge in [0.15, 0.2) is 5.78 Å². The lowest BCUT2D eigenvalue weighted by Gasteiger charge is -2.65. The van der Waals surface area contributed by atoms with Crippen LogP contribution in [-0.2, 0) is 38.1 Å². The number of aliphatic hydroxyl groups is 3. The van der Waals surface area contributed by atoms with Crippen LogP contribution >= 0.6 is 0 Å². The molecule has 5 rings (SSSR count). The Labute approximate surface area is 233 Å². The van der Waals surface area contributed by atoms with E-state index in [1.807, 2.05) is 6.92 Å². The largest absolute Gasteiger partial charge is 0.458 e. The number of hydrogen-bond acceptors (Lipinski definition) is 11. The van der Waals surface area contributed by atoms with Gasteiger partial charge in [0.1, 0.15) is 30.0 Å². The Morgan fingerprint density at radius 3 is 2.27 bits per heavy atom. The van der Waals surface area contributed by atoms with Crippen LogP contribution in [0.25, 0.3) is 0 Å². The minimum absolute atomic E-state index is 0.146. The Kier molecular flexibility index (Phi) is 7.21. The van der Waals surface area contributed by atoms with Crippen LogP contribution in [0, 0.1) is 40.9 Å². The minimum atomic E-state index is -1.58. The summed E-state index contributed by atoms with van der Waals surface area (Å²) in [6.45, 7) is 10.1. The van der Waals surface area contributed by atoms with E-state index >= 15 is 0 Å². The van der Waals surface area contributed by atoms with Crippen molar-refractivity contribution >= 4 is 23.7 Å². The normalized spacial score (nSPS) is 46.8. The molecule has 2 aliphatic heterocycles. The van der Waals surface area contributed by atoms with Gasteiger partial charge in [-0.1, -0.05) is 33.3 Å². The summed E-state index contributed by atoms with van der Waals surface area (Å²) in [5.41, 5.74) is -2.38. The van der Waals surface area contributed by atoms with E-state index < -0.39 is 107 Å². The summed E-state index contributed by atoms with van der Waals surface area (Å²) >= 11 is 0. The van der Waals surface area contributed by atoms with Crippen LogP contribution < -0.4 is 0 Å². The van der Waals surface area contributed by atoms with Gasteiger partial charge >= 0.3 is 17.9 Å². The maximum atomic E-state index is 13.7. The third kappa shape index (κ3) is 3.77. The van der Waals surface area contributed by atoms with E-state index in [0.717, 1.165) is 0 Å². The number of esters is 3. The van der Waals surface area contributed by atoms with Gasteiger partial charge in [0, 0.05) is 17.8 Å². The van der Waals surface area contributed by atoms with Crippen molar-refractivity contribution in [1.82, 2.24) is 0 Å². The zero-order valence-electron chi connectivity index (χ0n) is 23.7. The molecule has 14 atom stereocenters. The van der Waals surface area contributed by atoms with Gasteiger partial charge < -0.3 is 34.3 Å². The fraction of sp³-hybridized carbons (Fsp3) is 0.793. The Balaban J connectivity index is 1.71. The van der Waals surface area contributed by atoms with Gasteiger partial charge in [-0.25, -0.2) is 4.79 Å². The van der Waals surface area contributed by atoms with E-state index in [9.17, 15) is 34.5 Å². The number of hydrogen-bond donors (Lipinski definition) is 3. The van der Waals surface area contributed by atoms with Gasteiger partial charge in [-0.2, -0.15) is 0 Å². The van der Waals surface area contributed by atoms with E-state index in [4.69, 9.17) is 18.9 Å². The van der Waals surface area contributed by atoms with Crippen molar-refractivity contribution in [2.24, 2.45) is 40.9 Å². The molecule has 0 amide bonds. The zero-order valence-corrected chi connectivity index (χ0v) is 23.7. The summed E-state index contributed by atoms with van der Waals surface area (Å²) < 4.78 is 24.1. The first-order valence-corrected chi connectivity index (χ1v) is 14.3. The average molecular weight is 565 g/mol.